The minimum absolute atomic E-state index is 0.987. The van der Waals surface area contributed by atoms with Crippen molar-refractivity contribution in [2.75, 3.05) is 0 Å². The van der Waals surface area contributed by atoms with Gasteiger partial charge in [0.25, 0.3) is 0 Å². The number of rotatable bonds is 0. The topological polar surface area (TPSA) is 0 Å². The molecule has 2 rings (SSSR count). The summed E-state index contributed by atoms with van der Waals surface area (Å²) < 4.78 is 1.93. The van der Waals surface area contributed by atoms with Gasteiger partial charge in [-0.3, -0.25) is 0 Å². The van der Waals surface area contributed by atoms with Gasteiger partial charge in [0.15, 0.2) is 0 Å². The summed E-state index contributed by atoms with van der Waals surface area (Å²) in [7, 11) is 0. The first-order chi connectivity index (χ1) is 4.97. The van der Waals surface area contributed by atoms with Crippen LogP contribution in [0.15, 0.2) is 19.8 Å². The van der Waals surface area contributed by atoms with Crippen LogP contribution in [0.4, 0.5) is 0 Å². The molecule has 0 unspecified atom stereocenters. The normalized spacial score (nSPS) is 24.8. The Morgan fingerprint density at radius 1 is 1.30 bits per heavy atom. The molecule has 0 N–H and O–H groups in total. The van der Waals surface area contributed by atoms with Crippen molar-refractivity contribution in [3.05, 3.63) is 19.8 Å². The van der Waals surface area contributed by atoms with Gasteiger partial charge in [0.2, 0.25) is 0 Å². The Hall–Kier alpha value is 1.91. The molecular weight excluding hydrogens is 408 g/mol. The summed E-state index contributed by atoms with van der Waals surface area (Å²) in [5, 5.41) is 2.26. The molecule has 0 aromatic carbocycles. The third-order valence-corrected chi connectivity index (χ3v) is 45.0. The average Bonchev–Trinajstić information content (AvgIpc) is 2.59. The first kappa shape index (κ1) is 8.50. The molecule has 0 atom stereocenters. The molecule has 1 saturated heterocycles. The van der Waals surface area contributed by atoms with Crippen molar-refractivity contribution < 1.29 is 0 Å². The molecule has 0 nitrogen and oxygen atoms in total. The molecule has 10 heavy (non-hydrogen) atoms. The van der Waals surface area contributed by atoms with Crippen LogP contribution < -0.4 is 0 Å². The van der Waals surface area contributed by atoms with Crippen LogP contribution in [0, 0.1) is 0 Å². The molecule has 2 heterocycles. The van der Waals surface area contributed by atoms with Gasteiger partial charge in [-0.15, -0.1) is 0 Å². The van der Waals surface area contributed by atoms with E-state index in [1.165, 1.54) is 6.42 Å². The van der Waals surface area contributed by atoms with Crippen LogP contribution in [0.5, 0.6) is 0 Å². The molecule has 0 aromatic rings. The zero-order valence-electron chi connectivity index (χ0n) is 4.90. The van der Waals surface area contributed by atoms with Crippen molar-refractivity contribution >= 4 is 60.6 Å². The van der Waals surface area contributed by atoms with Gasteiger partial charge in [0, 0.05) is 0 Å². The van der Waals surface area contributed by atoms with Gasteiger partial charge >= 0.3 is 86.8 Å². The molecule has 54 valence electrons. The van der Waals surface area contributed by atoms with E-state index in [9.17, 15) is 0 Å². The van der Waals surface area contributed by atoms with Gasteiger partial charge in [-0.2, -0.15) is 0 Å². The Balaban J connectivity index is 2.12. The quantitative estimate of drug-likeness (QED) is 0.519. The van der Waals surface area contributed by atoms with Gasteiger partial charge in [-0.05, 0) is 0 Å². The molecule has 0 radical (unpaired) electrons. The summed E-state index contributed by atoms with van der Waals surface area (Å²) in [6, 6.07) is 0. The molecule has 5 heteroatoms. The summed E-state index contributed by atoms with van der Waals surface area (Å²) >= 11 is 6.17. The second-order valence-corrected chi connectivity index (χ2v) is 29.0. The van der Waals surface area contributed by atoms with Crippen molar-refractivity contribution in [1.82, 2.24) is 0 Å². The van der Waals surface area contributed by atoms with Crippen molar-refractivity contribution in [3.8, 4) is 0 Å². The van der Waals surface area contributed by atoms with Crippen LogP contribution in [0.2, 0.25) is 0 Å². The van der Waals surface area contributed by atoms with Crippen LogP contribution in [0.25, 0.3) is 0 Å². The van der Waals surface area contributed by atoms with E-state index in [-0.39, 0.29) is 0 Å². The average molecular weight is 412 g/mol. The maximum atomic E-state index is 2.30. The number of allylic oxidation sites excluding steroid dienone is 2. The Labute approximate surface area is 85.7 Å². The summed E-state index contributed by atoms with van der Waals surface area (Å²) in [4.78, 5) is 1.74. The van der Waals surface area contributed by atoms with Crippen molar-refractivity contribution in [3.63, 3.8) is 0 Å². The Morgan fingerprint density at radius 3 is 2.70 bits per heavy atom. The molecule has 0 aliphatic carbocycles. The van der Waals surface area contributed by atoms with E-state index in [0.717, 1.165) is 48.9 Å². The van der Waals surface area contributed by atoms with Crippen molar-refractivity contribution in [2.45, 2.75) is 6.42 Å². The molecule has 0 amide bonds. The minimum atomic E-state index is 0.987. The van der Waals surface area contributed by atoms with Gasteiger partial charge in [-0.1, -0.05) is 0 Å². The summed E-state index contributed by atoms with van der Waals surface area (Å²) in [6.07, 6.45) is 3.58. The Kier molecular flexibility index (Phi) is 3.60. The molecule has 0 saturated carbocycles. The van der Waals surface area contributed by atoms with Crippen LogP contribution in [0.3, 0.4) is 0 Å². The number of thioether (sulfide) groups is 1. The first-order valence-corrected chi connectivity index (χ1v) is 18.3. The Morgan fingerprint density at radius 2 is 2.10 bits per heavy atom. The SMILES string of the molecule is C1=CSC(=C2[Se][Se][Se][Se]2)C1. The maximum absolute atomic E-state index is 2.30. The van der Waals surface area contributed by atoms with Crippen molar-refractivity contribution in [1.29, 1.82) is 0 Å². The third-order valence-electron chi connectivity index (χ3n) is 1.08. The second-order valence-electron chi connectivity index (χ2n) is 1.71. The fourth-order valence-electron chi connectivity index (χ4n) is 0.661. The van der Waals surface area contributed by atoms with E-state index in [4.69, 9.17) is 0 Å². The van der Waals surface area contributed by atoms with Crippen LogP contribution in [0.1, 0.15) is 6.42 Å². The molecular formula is C5H4SSe4. The zero-order valence-corrected chi connectivity index (χ0v) is 12.6. The van der Waals surface area contributed by atoms with E-state index in [0.29, 0.717) is 0 Å². The predicted molar refractivity (Wildman–Crippen MR) is 51.4 cm³/mol. The van der Waals surface area contributed by atoms with Gasteiger partial charge < -0.3 is 0 Å². The molecule has 0 bridgehead atoms. The van der Waals surface area contributed by atoms with Crippen LogP contribution in [-0.2, 0) is 0 Å². The van der Waals surface area contributed by atoms with E-state index >= 15 is 0 Å². The van der Waals surface area contributed by atoms with E-state index in [1.54, 1.807) is 4.91 Å². The summed E-state index contributed by atoms with van der Waals surface area (Å²) in [5.41, 5.74) is 0. The zero-order chi connectivity index (χ0) is 6.81. The van der Waals surface area contributed by atoms with Crippen LogP contribution in [-0.4, -0.2) is 48.9 Å². The standard InChI is InChI=1S/C5H4SSe4/c1-2-4(6-3-1)5-7-9-10-8-5/h1,3H,2H2. The van der Waals surface area contributed by atoms with E-state index < -0.39 is 0 Å². The predicted octanol–water partition coefficient (Wildman–Crippen LogP) is 0.381. The summed E-state index contributed by atoms with van der Waals surface area (Å²) in [5.74, 6) is 0. The molecule has 2 aliphatic rings. The van der Waals surface area contributed by atoms with Gasteiger partial charge in [0.1, 0.15) is 0 Å². The van der Waals surface area contributed by atoms with E-state index in [2.05, 4.69) is 11.5 Å². The van der Waals surface area contributed by atoms with Gasteiger partial charge in [0.05, 0.1) is 0 Å². The number of hydrogen-bond donors (Lipinski definition) is 0. The van der Waals surface area contributed by atoms with Gasteiger partial charge in [-0.25, -0.2) is 0 Å². The second kappa shape index (κ2) is 4.23. The fraction of sp³-hybridized carbons (Fsp3) is 0.200. The van der Waals surface area contributed by atoms with E-state index in [1.807, 2.05) is 15.1 Å². The molecule has 0 aromatic heterocycles. The molecule has 0 spiro atoms. The van der Waals surface area contributed by atoms with Crippen LogP contribution >= 0.6 is 11.8 Å². The van der Waals surface area contributed by atoms with Crippen molar-refractivity contribution in [2.24, 2.45) is 0 Å². The molecule has 1 fully saturated rings. The number of hydrogen-bond acceptors (Lipinski definition) is 1. The third kappa shape index (κ3) is 1.98. The first-order valence-electron chi connectivity index (χ1n) is 2.69. The molecule has 2 aliphatic heterocycles. The fourth-order valence-corrected chi connectivity index (χ4v) is 61.8. The summed E-state index contributed by atoms with van der Waals surface area (Å²) in [6.45, 7) is 0. The Bertz CT molecular complexity index is 180. The monoisotopic (exact) mass is 416 g/mol.